The van der Waals surface area contributed by atoms with Gasteiger partial charge in [-0.1, -0.05) is 35.9 Å². The Bertz CT molecular complexity index is 1150. The second-order valence-corrected chi connectivity index (χ2v) is 7.66. The Morgan fingerprint density at radius 2 is 1.82 bits per heavy atom. The molecule has 0 saturated heterocycles. The minimum absolute atomic E-state index is 0.715. The first-order valence-corrected chi connectivity index (χ1v) is 9.73. The second kappa shape index (κ2) is 7.74. The van der Waals surface area contributed by atoms with Gasteiger partial charge in [0.2, 0.25) is 0 Å². The van der Waals surface area contributed by atoms with E-state index in [1.165, 1.54) is 11.1 Å². The van der Waals surface area contributed by atoms with E-state index in [-0.39, 0.29) is 0 Å². The number of halogens is 1. The third-order valence-corrected chi connectivity index (χ3v) is 5.13. The van der Waals surface area contributed by atoms with Crippen LogP contribution in [0.15, 0.2) is 54.7 Å². The van der Waals surface area contributed by atoms with Crippen molar-refractivity contribution in [3.05, 3.63) is 82.1 Å². The average Bonchev–Trinajstić information content (AvgIpc) is 2.98. The van der Waals surface area contributed by atoms with Gasteiger partial charge < -0.3 is 5.32 Å². The molecular formula is C23H23ClN4. The Morgan fingerprint density at radius 3 is 2.57 bits per heavy atom. The van der Waals surface area contributed by atoms with Gasteiger partial charge in [-0.05, 0) is 49.2 Å². The van der Waals surface area contributed by atoms with Crippen LogP contribution in [0, 0.1) is 13.8 Å². The lowest BCUT2D eigenvalue weighted by Gasteiger charge is -2.13. The summed E-state index contributed by atoms with van der Waals surface area (Å²) < 4.78 is 1.85. The van der Waals surface area contributed by atoms with E-state index in [4.69, 9.17) is 16.6 Å². The van der Waals surface area contributed by atoms with Crippen LogP contribution < -0.4 is 5.32 Å². The van der Waals surface area contributed by atoms with E-state index in [1.54, 1.807) is 0 Å². The van der Waals surface area contributed by atoms with Gasteiger partial charge in [-0.15, -0.1) is 0 Å². The Balaban J connectivity index is 1.69. The van der Waals surface area contributed by atoms with Gasteiger partial charge in [0.25, 0.3) is 0 Å². The molecule has 1 N–H and O–H groups in total. The van der Waals surface area contributed by atoms with Crippen molar-refractivity contribution < 1.29 is 0 Å². The van der Waals surface area contributed by atoms with Crippen LogP contribution in [0.5, 0.6) is 0 Å². The molecule has 0 aliphatic rings. The summed E-state index contributed by atoms with van der Waals surface area (Å²) in [7, 11) is 1.95. The van der Waals surface area contributed by atoms with Gasteiger partial charge in [-0.25, -0.2) is 4.98 Å². The highest BCUT2D eigenvalue weighted by Gasteiger charge is 2.11. The van der Waals surface area contributed by atoms with Crippen LogP contribution in [0.4, 0.5) is 0 Å². The summed E-state index contributed by atoms with van der Waals surface area (Å²) >= 11 is 6.24. The summed E-state index contributed by atoms with van der Waals surface area (Å²) in [6.45, 7) is 5.60. The molecule has 0 atom stereocenters. The molecule has 28 heavy (non-hydrogen) atoms. The molecule has 2 aromatic carbocycles. The maximum absolute atomic E-state index is 6.24. The smallest absolute Gasteiger partial charge is 0.0755 e. The van der Waals surface area contributed by atoms with Crippen molar-refractivity contribution in [2.45, 2.75) is 26.9 Å². The van der Waals surface area contributed by atoms with Gasteiger partial charge in [0.15, 0.2) is 0 Å². The van der Waals surface area contributed by atoms with E-state index >= 15 is 0 Å². The quantitative estimate of drug-likeness (QED) is 0.509. The van der Waals surface area contributed by atoms with E-state index in [1.807, 2.05) is 36.9 Å². The summed E-state index contributed by atoms with van der Waals surface area (Å²) in [5.74, 6) is 0. The summed E-state index contributed by atoms with van der Waals surface area (Å²) in [5.41, 5.74) is 7.62. The number of benzene rings is 2. The highest BCUT2D eigenvalue weighted by atomic mass is 35.5. The van der Waals surface area contributed by atoms with Crippen molar-refractivity contribution in [1.29, 1.82) is 0 Å². The predicted molar refractivity (Wildman–Crippen MR) is 115 cm³/mol. The van der Waals surface area contributed by atoms with Gasteiger partial charge in [-0.2, -0.15) is 5.10 Å². The maximum Gasteiger partial charge on any atom is 0.0755 e. The summed E-state index contributed by atoms with van der Waals surface area (Å²) in [5, 5.41) is 9.82. The molecular weight excluding hydrogens is 368 g/mol. The van der Waals surface area contributed by atoms with E-state index in [2.05, 4.69) is 53.9 Å². The molecule has 5 heteroatoms. The number of aryl methyl sites for hydroxylation is 3. The van der Waals surface area contributed by atoms with Crippen LogP contribution in [-0.2, 0) is 20.1 Å². The minimum Gasteiger partial charge on any atom is -0.308 e. The van der Waals surface area contributed by atoms with Crippen LogP contribution in [0.1, 0.15) is 22.4 Å². The fourth-order valence-corrected chi connectivity index (χ4v) is 3.69. The van der Waals surface area contributed by atoms with E-state index in [0.29, 0.717) is 11.6 Å². The zero-order valence-corrected chi connectivity index (χ0v) is 17.1. The molecule has 0 radical (unpaired) electrons. The first-order valence-electron chi connectivity index (χ1n) is 9.35. The van der Waals surface area contributed by atoms with Gasteiger partial charge in [0.1, 0.15) is 0 Å². The standard InChI is InChI=1S/C23H23ClN4/c1-15-7-8-17-10-19(12-25-13-20-14-28(3)27-16(20)2)23(26-22(17)9-15)18-5-4-6-21(24)11-18/h4-11,14,25H,12-13H2,1-3H3. The molecule has 0 bridgehead atoms. The molecule has 0 aliphatic heterocycles. The molecule has 4 nitrogen and oxygen atoms in total. The van der Waals surface area contributed by atoms with E-state index in [9.17, 15) is 0 Å². The monoisotopic (exact) mass is 390 g/mol. The number of fused-ring (bicyclic) bond motifs is 1. The fourth-order valence-electron chi connectivity index (χ4n) is 3.50. The number of nitrogens with one attached hydrogen (secondary N) is 1. The number of nitrogens with zero attached hydrogens (tertiary/aromatic N) is 3. The van der Waals surface area contributed by atoms with Gasteiger partial charge in [0.05, 0.1) is 16.9 Å². The van der Waals surface area contributed by atoms with Crippen molar-refractivity contribution in [3.8, 4) is 11.3 Å². The fraction of sp³-hybridized carbons (Fsp3) is 0.217. The zero-order valence-electron chi connectivity index (χ0n) is 16.3. The van der Waals surface area contributed by atoms with E-state index < -0.39 is 0 Å². The van der Waals surface area contributed by atoms with Crippen molar-refractivity contribution in [2.24, 2.45) is 7.05 Å². The predicted octanol–water partition coefficient (Wildman–Crippen LogP) is 5.20. The van der Waals surface area contributed by atoms with Crippen LogP contribution in [0.2, 0.25) is 5.02 Å². The molecule has 0 spiro atoms. The average molecular weight is 391 g/mol. The topological polar surface area (TPSA) is 42.7 Å². The molecule has 2 aromatic heterocycles. The number of hydrogen-bond donors (Lipinski definition) is 1. The number of aromatic nitrogens is 3. The maximum atomic E-state index is 6.24. The van der Waals surface area contributed by atoms with Crippen molar-refractivity contribution in [1.82, 2.24) is 20.1 Å². The summed E-state index contributed by atoms with van der Waals surface area (Å²) in [4.78, 5) is 4.98. The van der Waals surface area contributed by atoms with Crippen LogP contribution in [-0.4, -0.2) is 14.8 Å². The SMILES string of the molecule is Cc1ccc2cc(CNCc3cn(C)nc3C)c(-c3cccc(Cl)c3)nc2c1. The van der Waals surface area contributed by atoms with Crippen molar-refractivity contribution in [3.63, 3.8) is 0 Å². The molecule has 2 heterocycles. The molecule has 0 fully saturated rings. The molecule has 0 unspecified atom stereocenters. The molecule has 0 amide bonds. The Morgan fingerprint density at radius 1 is 1.00 bits per heavy atom. The zero-order chi connectivity index (χ0) is 19.7. The lowest BCUT2D eigenvalue weighted by molar-refractivity contribution is 0.690. The highest BCUT2D eigenvalue weighted by molar-refractivity contribution is 6.30. The summed E-state index contributed by atoms with van der Waals surface area (Å²) in [6.07, 6.45) is 2.06. The lowest BCUT2D eigenvalue weighted by Crippen LogP contribution is -2.14. The number of rotatable bonds is 5. The molecule has 4 rings (SSSR count). The Hall–Kier alpha value is -2.69. The van der Waals surface area contributed by atoms with Crippen LogP contribution >= 0.6 is 11.6 Å². The highest BCUT2D eigenvalue weighted by Crippen LogP contribution is 2.28. The lowest BCUT2D eigenvalue weighted by atomic mass is 10.0. The normalized spacial score (nSPS) is 11.3. The third kappa shape index (κ3) is 3.93. The Kier molecular flexibility index (Phi) is 5.16. The van der Waals surface area contributed by atoms with Crippen LogP contribution in [0.3, 0.4) is 0 Å². The van der Waals surface area contributed by atoms with Crippen molar-refractivity contribution in [2.75, 3.05) is 0 Å². The van der Waals surface area contributed by atoms with Crippen LogP contribution in [0.25, 0.3) is 22.2 Å². The third-order valence-electron chi connectivity index (χ3n) is 4.90. The first kappa shape index (κ1) is 18.7. The largest absolute Gasteiger partial charge is 0.308 e. The molecule has 0 saturated carbocycles. The number of hydrogen-bond acceptors (Lipinski definition) is 3. The molecule has 4 aromatic rings. The van der Waals surface area contributed by atoms with Gasteiger partial charge in [0, 0.05) is 47.9 Å². The molecule has 0 aliphatic carbocycles. The Labute approximate surface area is 170 Å². The second-order valence-electron chi connectivity index (χ2n) is 7.22. The van der Waals surface area contributed by atoms with Crippen molar-refractivity contribution >= 4 is 22.5 Å². The summed E-state index contributed by atoms with van der Waals surface area (Å²) in [6, 6.07) is 16.5. The first-order chi connectivity index (χ1) is 13.5. The van der Waals surface area contributed by atoms with E-state index in [0.717, 1.165) is 40.0 Å². The van der Waals surface area contributed by atoms with Gasteiger partial charge >= 0.3 is 0 Å². The molecule has 142 valence electrons. The van der Waals surface area contributed by atoms with Gasteiger partial charge in [-0.3, -0.25) is 4.68 Å². The minimum atomic E-state index is 0.715. The number of pyridine rings is 1.